The van der Waals surface area contributed by atoms with Gasteiger partial charge in [0.25, 0.3) is 0 Å². The maximum atomic E-state index is 11.6. The summed E-state index contributed by atoms with van der Waals surface area (Å²) in [5.74, 6) is -0.541. The second kappa shape index (κ2) is 8.83. The van der Waals surface area contributed by atoms with E-state index in [0.717, 1.165) is 17.5 Å². The summed E-state index contributed by atoms with van der Waals surface area (Å²) in [4.78, 5) is 22.8. The van der Waals surface area contributed by atoms with E-state index in [1.165, 1.54) is 6.92 Å². The highest BCUT2D eigenvalue weighted by Crippen LogP contribution is 2.30. The van der Waals surface area contributed by atoms with Gasteiger partial charge < -0.3 is 9.84 Å². The second-order valence-corrected chi connectivity index (χ2v) is 6.90. The Morgan fingerprint density at radius 1 is 1.18 bits per heavy atom. The molecule has 0 radical (unpaired) electrons. The fraction of sp³-hybridized carbons (Fsp3) is 0.529. The van der Waals surface area contributed by atoms with Crippen molar-refractivity contribution >= 4 is 22.8 Å². The Bertz CT molecular complexity index is 487. The largest absolute Gasteiger partial charge is 0.490 e. The Hall–Kier alpha value is -1.49. The molecule has 0 aliphatic rings. The molecule has 0 saturated carbocycles. The molecule has 0 aliphatic carbocycles. The molecule has 0 heterocycles. The maximum absolute atomic E-state index is 11.6. The highest BCUT2D eigenvalue weighted by atomic mass is 32.2. The van der Waals surface area contributed by atoms with Gasteiger partial charge in [-0.3, -0.25) is 9.59 Å². The van der Waals surface area contributed by atoms with Gasteiger partial charge in [0.15, 0.2) is 5.12 Å². The third kappa shape index (κ3) is 5.72. The van der Waals surface area contributed by atoms with Crippen LogP contribution in [0.2, 0.25) is 0 Å². The normalized spacial score (nSPS) is 15.1. The van der Waals surface area contributed by atoms with Crippen molar-refractivity contribution in [1.82, 2.24) is 0 Å². The van der Waals surface area contributed by atoms with Crippen LogP contribution in [0.3, 0.4) is 0 Å². The van der Waals surface area contributed by atoms with Crippen LogP contribution in [0.15, 0.2) is 30.3 Å². The number of hydrogen-bond acceptors (Lipinski definition) is 4. The first-order chi connectivity index (χ1) is 10.3. The standard InChI is InChI=1S/C17H24O4S/c1-11(2)16(15(17(19)20)10-22-13(4)18)12(3)21-14-8-6-5-7-9-14/h5-9,11-12,15-16H,10H2,1-4H3,(H,19,20). The zero-order valence-electron chi connectivity index (χ0n) is 13.5. The number of hydrogen-bond donors (Lipinski definition) is 1. The average Bonchev–Trinajstić information content (AvgIpc) is 2.43. The van der Waals surface area contributed by atoms with Crippen LogP contribution >= 0.6 is 11.8 Å². The van der Waals surface area contributed by atoms with Gasteiger partial charge in [0.05, 0.1) is 12.0 Å². The van der Waals surface area contributed by atoms with Gasteiger partial charge >= 0.3 is 5.97 Å². The van der Waals surface area contributed by atoms with Crippen molar-refractivity contribution < 1.29 is 19.4 Å². The van der Waals surface area contributed by atoms with E-state index in [1.54, 1.807) is 0 Å². The van der Waals surface area contributed by atoms with E-state index in [2.05, 4.69) is 0 Å². The molecule has 1 rings (SSSR count). The summed E-state index contributed by atoms with van der Waals surface area (Å²) < 4.78 is 5.92. The van der Waals surface area contributed by atoms with Crippen LogP contribution in [0.1, 0.15) is 27.7 Å². The van der Waals surface area contributed by atoms with Crippen molar-refractivity contribution in [2.75, 3.05) is 5.75 Å². The van der Waals surface area contributed by atoms with Crippen LogP contribution in [-0.4, -0.2) is 28.0 Å². The third-order valence-corrected chi connectivity index (χ3v) is 4.56. The molecule has 0 saturated heterocycles. The van der Waals surface area contributed by atoms with Crippen LogP contribution in [0, 0.1) is 17.8 Å². The van der Waals surface area contributed by atoms with E-state index in [0.29, 0.717) is 0 Å². The molecule has 1 aromatic carbocycles. The van der Waals surface area contributed by atoms with Gasteiger partial charge in [-0.05, 0) is 25.0 Å². The van der Waals surface area contributed by atoms with Crippen molar-refractivity contribution in [2.45, 2.75) is 33.8 Å². The minimum atomic E-state index is -0.879. The lowest BCUT2D eigenvalue weighted by Gasteiger charge is -2.32. The van der Waals surface area contributed by atoms with E-state index in [1.807, 2.05) is 51.1 Å². The number of carbonyl (C=O) groups excluding carboxylic acids is 1. The quantitative estimate of drug-likeness (QED) is 0.790. The molecular formula is C17H24O4S. The van der Waals surface area contributed by atoms with Gasteiger partial charge in [-0.2, -0.15) is 0 Å². The number of benzene rings is 1. The molecule has 3 unspecified atom stereocenters. The third-order valence-electron chi connectivity index (χ3n) is 3.62. The number of aliphatic carboxylic acids is 1. The summed E-state index contributed by atoms with van der Waals surface area (Å²) in [6, 6.07) is 9.38. The Kier molecular flexibility index (Phi) is 7.45. The van der Waals surface area contributed by atoms with Crippen molar-refractivity contribution in [2.24, 2.45) is 17.8 Å². The first-order valence-electron chi connectivity index (χ1n) is 7.40. The molecular weight excluding hydrogens is 300 g/mol. The summed E-state index contributed by atoms with van der Waals surface area (Å²) in [6.07, 6.45) is -0.254. The van der Waals surface area contributed by atoms with Crippen LogP contribution < -0.4 is 4.74 Å². The molecule has 0 bridgehead atoms. The van der Waals surface area contributed by atoms with Crippen molar-refractivity contribution in [3.8, 4) is 5.75 Å². The molecule has 0 spiro atoms. The van der Waals surface area contributed by atoms with Crippen LogP contribution in [0.25, 0.3) is 0 Å². The van der Waals surface area contributed by atoms with E-state index in [9.17, 15) is 14.7 Å². The molecule has 1 N–H and O–H groups in total. The number of carbonyl (C=O) groups is 2. The van der Waals surface area contributed by atoms with Gasteiger partial charge in [0, 0.05) is 18.6 Å². The number of carboxylic acids is 1. The SMILES string of the molecule is CC(=O)SCC(C(=O)O)C(C(C)C)C(C)Oc1ccccc1. The van der Waals surface area contributed by atoms with Crippen molar-refractivity contribution in [3.63, 3.8) is 0 Å². The zero-order valence-corrected chi connectivity index (χ0v) is 14.3. The second-order valence-electron chi connectivity index (χ2n) is 5.70. The Balaban J connectivity index is 2.88. The summed E-state index contributed by atoms with van der Waals surface area (Å²) >= 11 is 1.06. The molecule has 0 aromatic heterocycles. The van der Waals surface area contributed by atoms with Crippen LogP contribution in [-0.2, 0) is 9.59 Å². The van der Waals surface area contributed by atoms with Gasteiger partial charge in [-0.15, -0.1) is 0 Å². The molecule has 22 heavy (non-hydrogen) atoms. The molecule has 1 aromatic rings. The fourth-order valence-corrected chi connectivity index (χ4v) is 3.46. The van der Waals surface area contributed by atoms with Gasteiger partial charge in [-0.25, -0.2) is 0 Å². The van der Waals surface area contributed by atoms with Gasteiger partial charge in [-0.1, -0.05) is 43.8 Å². The van der Waals surface area contributed by atoms with E-state index in [4.69, 9.17) is 4.74 Å². The van der Waals surface area contributed by atoms with E-state index in [-0.39, 0.29) is 28.8 Å². The predicted octanol–water partition coefficient (Wildman–Crippen LogP) is 3.71. The molecule has 4 nitrogen and oxygen atoms in total. The molecule has 5 heteroatoms. The molecule has 0 amide bonds. The van der Waals surface area contributed by atoms with Gasteiger partial charge in [0.2, 0.25) is 0 Å². The van der Waals surface area contributed by atoms with Gasteiger partial charge in [0.1, 0.15) is 5.75 Å². The predicted molar refractivity (Wildman–Crippen MR) is 89.1 cm³/mol. The molecule has 0 aliphatic heterocycles. The average molecular weight is 324 g/mol. The van der Waals surface area contributed by atoms with E-state index >= 15 is 0 Å². The van der Waals surface area contributed by atoms with Crippen molar-refractivity contribution in [1.29, 1.82) is 0 Å². The number of thioether (sulfide) groups is 1. The lowest BCUT2D eigenvalue weighted by atomic mass is 9.80. The highest BCUT2D eigenvalue weighted by molar-refractivity contribution is 8.13. The smallest absolute Gasteiger partial charge is 0.307 e. The lowest BCUT2D eigenvalue weighted by Crippen LogP contribution is -2.39. The molecule has 122 valence electrons. The number of ether oxygens (including phenoxy) is 1. The lowest BCUT2D eigenvalue weighted by molar-refractivity contribution is -0.144. The zero-order chi connectivity index (χ0) is 16.7. The first kappa shape index (κ1) is 18.6. The monoisotopic (exact) mass is 324 g/mol. The summed E-state index contributed by atoms with van der Waals surface area (Å²) in [5, 5.41) is 9.48. The Labute approximate surface area is 136 Å². The number of para-hydroxylation sites is 1. The van der Waals surface area contributed by atoms with Crippen molar-refractivity contribution in [3.05, 3.63) is 30.3 Å². The summed E-state index contributed by atoms with van der Waals surface area (Å²) in [6.45, 7) is 7.33. The maximum Gasteiger partial charge on any atom is 0.307 e. The minimum Gasteiger partial charge on any atom is -0.490 e. The molecule has 3 atom stereocenters. The Morgan fingerprint density at radius 2 is 1.77 bits per heavy atom. The number of rotatable bonds is 8. The van der Waals surface area contributed by atoms with Crippen LogP contribution in [0.5, 0.6) is 5.75 Å². The summed E-state index contributed by atoms with van der Waals surface area (Å²) in [5.41, 5.74) is 0. The topological polar surface area (TPSA) is 63.6 Å². The molecule has 0 fully saturated rings. The fourth-order valence-electron chi connectivity index (χ4n) is 2.68. The van der Waals surface area contributed by atoms with Crippen LogP contribution in [0.4, 0.5) is 0 Å². The van der Waals surface area contributed by atoms with E-state index < -0.39 is 11.9 Å². The Morgan fingerprint density at radius 3 is 2.23 bits per heavy atom. The first-order valence-corrected chi connectivity index (χ1v) is 8.39. The summed E-state index contributed by atoms with van der Waals surface area (Å²) in [7, 11) is 0. The minimum absolute atomic E-state index is 0.0645. The highest BCUT2D eigenvalue weighted by Gasteiger charge is 2.36. The number of carboxylic acid groups (broad SMARTS) is 1.